The summed E-state index contributed by atoms with van der Waals surface area (Å²) in [4.78, 5) is 2.43. The second kappa shape index (κ2) is 5.91. The minimum Gasteiger partial charge on any atom is -0.483 e. The molecule has 3 heteroatoms. The Morgan fingerprint density at radius 3 is 2.41 bits per heavy atom. The van der Waals surface area contributed by atoms with E-state index in [0.717, 1.165) is 37.4 Å². The number of nitrogen functional groups attached to an aromatic ring is 1. The molecule has 1 heterocycles. The van der Waals surface area contributed by atoms with E-state index in [4.69, 9.17) is 10.5 Å². The van der Waals surface area contributed by atoms with Crippen molar-refractivity contribution in [3.63, 3.8) is 0 Å². The first kappa shape index (κ1) is 14.8. The van der Waals surface area contributed by atoms with Gasteiger partial charge in [-0.1, -0.05) is 38.1 Å². The molecule has 0 fully saturated rings. The van der Waals surface area contributed by atoms with Crippen LogP contribution in [0.5, 0.6) is 5.75 Å². The van der Waals surface area contributed by atoms with E-state index in [9.17, 15) is 0 Å². The van der Waals surface area contributed by atoms with E-state index in [2.05, 4.69) is 49.1 Å². The van der Waals surface area contributed by atoms with E-state index in [0.29, 0.717) is 0 Å². The molecule has 0 saturated carbocycles. The number of benzene rings is 2. The van der Waals surface area contributed by atoms with Gasteiger partial charge in [-0.15, -0.1) is 0 Å². The molecule has 0 aromatic heterocycles. The summed E-state index contributed by atoms with van der Waals surface area (Å²) in [6.07, 6.45) is 2.02. The predicted molar refractivity (Wildman–Crippen MR) is 92.3 cm³/mol. The molecule has 0 radical (unpaired) electrons. The van der Waals surface area contributed by atoms with Crippen molar-refractivity contribution in [3.05, 3.63) is 54.1 Å². The van der Waals surface area contributed by atoms with Gasteiger partial charge in [-0.2, -0.15) is 0 Å². The Hall–Kier alpha value is -2.16. The summed E-state index contributed by atoms with van der Waals surface area (Å²) in [6, 6.07) is 16.5. The summed E-state index contributed by atoms with van der Waals surface area (Å²) in [5, 5.41) is 0. The highest BCUT2D eigenvalue weighted by molar-refractivity contribution is 5.61. The van der Waals surface area contributed by atoms with Gasteiger partial charge in [0.05, 0.1) is 12.2 Å². The molecule has 0 aliphatic carbocycles. The van der Waals surface area contributed by atoms with Crippen molar-refractivity contribution in [2.24, 2.45) is 0 Å². The molecule has 0 atom stereocenters. The molecule has 1 aliphatic rings. The van der Waals surface area contributed by atoms with Crippen molar-refractivity contribution >= 4 is 11.4 Å². The molecule has 2 aromatic rings. The fraction of sp³-hybridized carbons (Fsp3) is 0.368. The molecule has 0 bridgehead atoms. The van der Waals surface area contributed by atoms with Crippen LogP contribution >= 0.6 is 0 Å². The van der Waals surface area contributed by atoms with Crippen molar-refractivity contribution in [1.82, 2.24) is 0 Å². The number of para-hydroxylation sites is 2. The van der Waals surface area contributed by atoms with E-state index in [-0.39, 0.29) is 5.60 Å². The van der Waals surface area contributed by atoms with Crippen LogP contribution in [0.25, 0.3) is 0 Å². The SMILES string of the molecule is CCC1(CC)CN(Cc2ccc(N)cc2)c2ccccc2O1. The number of anilines is 2. The first-order valence-corrected chi connectivity index (χ1v) is 8.03. The second-order valence-electron chi connectivity index (χ2n) is 6.06. The third-order valence-electron chi connectivity index (χ3n) is 4.65. The summed E-state index contributed by atoms with van der Waals surface area (Å²) in [7, 11) is 0. The number of nitrogens with two attached hydrogens (primary N) is 1. The van der Waals surface area contributed by atoms with Gasteiger partial charge in [0.2, 0.25) is 0 Å². The molecule has 0 amide bonds. The molecule has 22 heavy (non-hydrogen) atoms. The van der Waals surface area contributed by atoms with E-state index < -0.39 is 0 Å². The summed E-state index contributed by atoms with van der Waals surface area (Å²) >= 11 is 0. The third kappa shape index (κ3) is 2.76. The Morgan fingerprint density at radius 2 is 1.73 bits per heavy atom. The maximum Gasteiger partial charge on any atom is 0.143 e. The van der Waals surface area contributed by atoms with Crippen molar-refractivity contribution in [2.75, 3.05) is 17.2 Å². The fourth-order valence-electron chi connectivity index (χ4n) is 3.11. The van der Waals surface area contributed by atoms with Crippen LogP contribution in [0.1, 0.15) is 32.3 Å². The summed E-state index contributed by atoms with van der Waals surface area (Å²) < 4.78 is 6.34. The van der Waals surface area contributed by atoms with Crippen LogP contribution in [-0.4, -0.2) is 12.1 Å². The maximum absolute atomic E-state index is 6.34. The van der Waals surface area contributed by atoms with E-state index >= 15 is 0 Å². The Labute approximate surface area is 132 Å². The zero-order valence-corrected chi connectivity index (χ0v) is 13.4. The van der Waals surface area contributed by atoms with Gasteiger partial charge in [0.25, 0.3) is 0 Å². The van der Waals surface area contributed by atoms with Crippen LogP contribution in [0.3, 0.4) is 0 Å². The molecule has 3 rings (SSSR count). The lowest BCUT2D eigenvalue weighted by Gasteiger charge is -2.44. The quantitative estimate of drug-likeness (QED) is 0.858. The van der Waals surface area contributed by atoms with Crippen LogP contribution in [0, 0.1) is 0 Å². The van der Waals surface area contributed by atoms with E-state index in [1.807, 2.05) is 18.2 Å². The fourth-order valence-corrected chi connectivity index (χ4v) is 3.11. The summed E-state index contributed by atoms with van der Waals surface area (Å²) in [5.41, 5.74) is 8.95. The van der Waals surface area contributed by atoms with Crippen LogP contribution in [0.2, 0.25) is 0 Å². The van der Waals surface area contributed by atoms with Gasteiger partial charge in [-0.25, -0.2) is 0 Å². The summed E-state index contributed by atoms with van der Waals surface area (Å²) in [5.74, 6) is 0.993. The molecule has 3 nitrogen and oxygen atoms in total. The highest BCUT2D eigenvalue weighted by Gasteiger charge is 2.36. The van der Waals surface area contributed by atoms with E-state index in [1.165, 1.54) is 11.3 Å². The standard InChI is InChI=1S/C19H24N2O/c1-3-19(4-2)14-21(13-15-9-11-16(20)12-10-15)17-7-5-6-8-18(17)22-19/h5-12H,3-4,13-14,20H2,1-2H3. The Bertz CT molecular complexity index is 632. The highest BCUT2D eigenvalue weighted by Crippen LogP contribution is 2.40. The molecular formula is C19H24N2O. The number of hydrogen-bond donors (Lipinski definition) is 1. The van der Waals surface area contributed by atoms with Gasteiger partial charge in [0.1, 0.15) is 11.4 Å². The van der Waals surface area contributed by atoms with Gasteiger partial charge >= 0.3 is 0 Å². The monoisotopic (exact) mass is 296 g/mol. The lowest BCUT2D eigenvalue weighted by Crippen LogP contribution is -2.50. The smallest absolute Gasteiger partial charge is 0.143 e. The van der Waals surface area contributed by atoms with Crippen molar-refractivity contribution in [3.8, 4) is 5.75 Å². The number of ether oxygens (including phenoxy) is 1. The minimum atomic E-state index is -0.0951. The second-order valence-corrected chi connectivity index (χ2v) is 6.06. The molecular weight excluding hydrogens is 272 g/mol. The van der Waals surface area contributed by atoms with Crippen molar-refractivity contribution in [1.29, 1.82) is 0 Å². The zero-order valence-electron chi connectivity index (χ0n) is 13.4. The first-order chi connectivity index (χ1) is 10.7. The predicted octanol–water partition coefficient (Wildman–Crippen LogP) is 4.23. The Kier molecular flexibility index (Phi) is 3.97. The van der Waals surface area contributed by atoms with Crippen LogP contribution in [0.4, 0.5) is 11.4 Å². The summed E-state index contributed by atoms with van der Waals surface area (Å²) in [6.45, 7) is 6.21. The van der Waals surface area contributed by atoms with Crippen LogP contribution in [-0.2, 0) is 6.54 Å². The third-order valence-corrected chi connectivity index (χ3v) is 4.65. The number of nitrogens with zero attached hydrogens (tertiary/aromatic N) is 1. The number of fused-ring (bicyclic) bond motifs is 1. The minimum absolute atomic E-state index is 0.0951. The van der Waals surface area contributed by atoms with Gasteiger partial charge in [-0.3, -0.25) is 0 Å². The molecule has 2 aromatic carbocycles. The lowest BCUT2D eigenvalue weighted by atomic mass is 9.93. The number of rotatable bonds is 4. The molecule has 2 N–H and O–H groups in total. The highest BCUT2D eigenvalue weighted by atomic mass is 16.5. The maximum atomic E-state index is 6.34. The zero-order chi connectivity index (χ0) is 15.6. The molecule has 0 spiro atoms. The van der Waals surface area contributed by atoms with Crippen molar-refractivity contribution < 1.29 is 4.74 Å². The lowest BCUT2D eigenvalue weighted by molar-refractivity contribution is 0.0570. The van der Waals surface area contributed by atoms with Crippen molar-refractivity contribution in [2.45, 2.75) is 38.8 Å². The van der Waals surface area contributed by atoms with Gasteiger partial charge < -0.3 is 15.4 Å². The first-order valence-electron chi connectivity index (χ1n) is 8.03. The topological polar surface area (TPSA) is 38.5 Å². The largest absolute Gasteiger partial charge is 0.483 e. The Balaban J connectivity index is 1.93. The molecule has 116 valence electrons. The Morgan fingerprint density at radius 1 is 1.05 bits per heavy atom. The molecule has 0 saturated heterocycles. The van der Waals surface area contributed by atoms with Gasteiger partial charge in [0.15, 0.2) is 0 Å². The average molecular weight is 296 g/mol. The van der Waals surface area contributed by atoms with Gasteiger partial charge in [0, 0.05) is 12.2 Å². The van der Waals surface area contributed by atoms with Crippen LogP contribution in [0.15, 0.2) is 48.5 Å². The van der Waals surface area contributed by atoms with Crippen LogP contribution < -0.4 is 15.4 Å². The van der Waals surface area contributed by atoms with E-state index in [1.54, 1.807) is 0 Å². The average Bonchev–Trinajstić information content (AvgIpc) is 2.56. The number of hydrogen-bond acceptors (Lipinski definition) is 3. The van der Waals surface area contributed by atoms with Gasteiger partial charge in [-0.05, 0) is 42.7 Å². The molecule has 0 unspecified atom stereocenters. The normalized spacial score (nSPS) is 16.0. The molecule has 1 aliphatic heterocycles.